The lowest BCUT2D eigenvalue weighted by atomic mass is 9.75. The zero-order valence-electron chi connectivity index (χ0n) is 16.7. The number of ether oxygens (including phenoxy) is 1. The van der Waals surface area contributed by atoms with E-state index in [4.69, 9.17) is 22.1 Å². The Morgan fingerprint density at radius 2 is 2.06 bits per heavy atom. The summed E-state index contributed by atoms with van der Waals surface area (Å²) >= 11 is 5.98. The standard InChI is InChI=1S/C23H19ClFN3O3/c1-31-20-9-12(5-8-18(20)29)21-14(11-26)23(27)28(13-6-7-16(25)15(24)10-13)17-3-2-4-19(30)22(17)21/h5-10,21,29H,2-4,27H2,1H3. The van der Waals surface area contributed by atoms with Crippen molar-refractivity contribution >= 4 is 23.1 Å². The lowest BCUT2D eigenvalue weighted by Gasteiger charge is -2.39. The number of nitriles is 1. The fraction of sp³-hybridized carbons (Fsp3) is 0.217. The van der Waals surface area contributed by atoms with Crippen molar-refractivity contribution in [2.75, 3.05) is 12.0 Å². The Morgan fingerprint density at radius 3 is 2.74 bits per heavy atom. The molecule has 0 amide bonds. The van der Waals surface area contributed by atoms with Gasteiger partial charge in [0.1, 0.15) is 11.6 Å². The highest BCUT2D eigenvalue weighted by Gasteiger charge is 2.40. The van der Waals surface area contributed by atoms with Crippen LogP contribution in [0.25, 0.3) is 0 Å². The molecule has 1 aliphatic heterocycles. The summed E-state index contributed by atoms with van der Waals surface area (Å²) in [5, 5.41) is 19.9. The summed E-state index contributed by atoms with van der Waals surface area (Å²) in [5.41, 5.74) is 8.84. The number of anilines is 1. The van der Waals surface area contributed by atoms with Crippen LogP contribution in [0.4, 0.5) is 10.1 Å². The van der Waals surface area contributed by atoms with Gasteiger partial charge in [-0.3, -0.25) is 9.69 Å². The van der Waals surface area contributed by atoms with E-state index in [0.717, 1.165) is 0 Å². The fourth-order valence-corrected chi connectivity index (χ4v) is 4.39. The van der Waals surface area contributed by atoms with Crippen molar-refractivity contribution < 1.29 is 19.0 Å². The van der Waals surface area contributed by atoms with Gasteiger partial charge >= 0.3 is 0 Å². The number of nitrogens with two attached hydrogens (primary N) is 1. The van der Waals surface area contributed by atoms with Gasteiger partial charge in [-0.2, -0.15) is 5.26 Å². The predicted octanol–water partition coefficient (Wildman–Crippen LogP) is 4.50. The normalized spacial score (nSPS) is 18.7. The van der Waals surface area contributed by atoms with Crippen LogP contribution in [-0.4, -0.2) is 18.0 Å². The molecule has 2 aliphatic rings. The van der Waals surface area contributed by atoms with E-state index in [0.29, 0.717) is 41.8 Å². The van der Waals surface area contributed by atoms with Gasteiger partial charge in [-0.05, 0) is 48.7 Å². The first-order chi connectivity index (χ1) is 14.9. The Morgan fingerprint density at radius 1 is 1.29 bits per heavy atom. The van der Waals surface area contributed by atoms with Gasteiger partial charge in [-0.25, -0.2) is 4.39 Å². The van der Waals surface area contributed by atoms with E-state index < -0.39 is 11.7 Å². The van der Waals surface area contributed by atoms with Gasteiger partial charge in [0, 0.05) is 23.4 Å². The van der Waals surface area contributed by atoms with Crippen LogP contribution in [0.2, 0.25) is 5.02 Å². The number of halogens is 2. The zero-order valence-corrected chi connectivity index (χ0v) is 17.4. The number of methoxy groups -OCH3 is 1. The van der Waals surface area contributed by atoms with E-state index in [-0.39, 0.29) is 33.7 Å². The Kier molecular flexibility index (Phi) is 5.34. The molecule has 0 bridgehead atoms. The first kappa shape index (κ1) is 20.8. The maximum Gasteiger partial charge on any atom is 0.161 e. The maximum atomic E-state index is 13.7. The minimum atomic E-state index is -0.700. The van der Waals surface area contributed by atoms with Gasteiger partial charge in [0.2, 0.25) is 0 Å². The number of benzene rings is 2. The molecule has 2 aromatic rings. The molecule has 31 heavy (non-hydrogen) atoms. The van der Waals surface area contributed by atoms with Crippen LogP contribution >= 0.6 is 11.6 Å². The number of phenolic OH excluding ortho intramolecular Hbond substituents is 1. The van der Waals surface area contributed by atoms with Crippen molar-refractivity contribution in [1.29, 1.82) is 5.26 Å². The minimum absolute atomic E-state index is 0.0516. The summed E-state index contributed by atoms with van der Waals surface area (Å²) in [6.07, 6.45) is 1.53. The van der Waals surface area contributed by atoms with Gasteiger partial charge in [-0.1, -0.05) is 17.7 Å². The Bertz CT molecular complexity index is 1200. The van der Waals surface area contributed by atoms with E-state index in [2.05, 4.69) is 6.07 Å². The van der Waals surface area contributed by atoms with Crippen LogP contribution < -0.4 is 15.4 Å². The minimum Gasteiger partial charge on any atom is -0.504 e. The quantitative estimate of drug-likeness (QED) is 0.730. The number of nitrogens with zero attached hydrogens (tertiary/aromatic N) is 2. The van der Waals surface area contributed by atoms with Crippen LogP contribution in [0.1, 0.15) is 30.7 Å². The molecular weight excluding hydrogens is 421 g/mol. The molecule has 0 saturated heterocycles. The number of hydrogen-bond acceptors (Lipinski definition) is 6. The van der Waals surface area contributed by atoms with E-state index >= 15 is 0 Å². The van der Waals surface area contributed by atoms with Gasteiger partial charge in [0.15, 0.2) is 17.3 Å². The summed E-state index contributed by atoms with van der Waals surface area (Å²) in [5.74, 6) is -1.04. The first-order valence-corrected chi connectivity index (χ1v) is 10.0. The summed E-state index contributed by atoms with van der Waals surface area (Å²) in [4.78, 5) is 14.7. The molecule has 8 heteroatoms. The summed E-state index contributed by atoms with van der Waals surface area (Å²) in [6.45, 7) is 0. The Labute approximate surface area is 183 Å². The van der Waals surface area contributed by atoms with Crippen molar-refractivity contribution in [1.82, 2.24) is 0 Å². The second-order valence-corrected chi connectivity index (χ2v) is 7.75. The number of rotatable bonds is 3. The molecule has 1 unspecified atom stereocenters. The predicted molar refractivity (Wildman–Crippen MR) is 114 cm³/mol. The van der Waals surface area contributed by atoms with Gasteiger partial charge in [-0.15, -0.1) is 0 Å². The highest BCUT2D eigenvalue weighted by Crippen LogP contribution is 2.47. The topological polar surface area (TPSA) is 99.6 Å². The lowest BCUT2D eigenvalue weighted by Crippen LogP contribution is -2.38. The van der Waals surface area contributed by atoms with Crippen LogP contribution in [0.5, 0.6) is 11.5 Å². The molecular formula is C23H19ClFN3O3. The fourth-order valence-electron chi connectivity index (χ4n) is 4.21. The summed E-state index contributed by atoms with van der Waals surface area (Å²) in [7, 11) is 1.42. The second kappa shape index (κ2) is 7.97. The number of carbonyl (C=O) groups excluding carboxylic acids is 1. The molecule has 1 atom stereocenters. The van der Waals surface area contributed by atoms with Crippen molar-refractivity contribution in [3.05, 3.63) is 75.5 Å². The maximum absolute atomic E-state index is 13.7. The molecule has 1 aliphatic carbocycles. The molecule has 3 N–H and O–H groups in total. The molecule has 6 nitrogen and oxygen atoms in total. The Balaban J connectivity index is 1.97. The zero-order chi connectivity index (χ0) is 22.3. The lowest BCUT2D eigenvalue weighted by molar-refractivity contribution is -0.116. The first-order valence-electron chi connectivity index (χ1n) is 9.65. The van der Waals surface area contributed by atoms with Gasteiger partial charge in [0.05, 0.1) is 29.7 Å². The van der Waals surface area contributed by atoms with Crippen molar-refractivity contribution in [2.45, 2.75) is 25.2 Å². The monoisotopic (exact) mass is 439 g/mol. The Hall–Kier alpha value is -3.50. The molecule has 0 spiro atoms. The third-order valence-corrected chi connectivity index (χ3v) is 5.90. The number of allylic oxidation sites excluding steroid dienone is 3. The van der Waals surface area contributed by atoms with Crippen LogP contribution in [0.3, 0.4) is 0 Å². The molecule has 1 heterocycles. The number of ketones is 1. The second-order valence-electron chi connectivity index (χ2n) is 7.35. The van der Waals surface area contributed by atoms with Gasteiger partial charge in [0.25, 0.3) is 0 Å². The summed E-state index contributed by atoms with van der Waals surface area (Å²) in [6, 6.07) is 11.0. The van der Waals surface area contributed by atoms with E-state index in [9.17, 15) is 19.6 Å². The SMILES string of the molecule is COc1cc(C2C(C#N)=C(N)N(c3ccc(F)c(Cl)c3)C3=C2C(=O)CCC3)ccc1O. The van der Waals surface area contributed by atoms with E-state index in [1.54, 1.807) is 17.0 Å². The van der Waals surface area contributed by atoms with Gasteiger partial charge < -0.3 is 15.6 Å². The van der Waals surface area contributed by atoms with Crippen LogP contribution in [0.15, 0.2) is 59.1 Å². The molecule has 0 fully saturated rings. The molecule has 0 saturated carbocycles. The average molecular weight is 440 g/mol. The van der Waals surface area contributed by atoms with E-state index in [1.165, 1.54) is 31.4 Å². The smallest absolute Gasteiger partial charge is 0.161 e. The molecule has 0 radical (unpaired) electrons. The molecule has 2 aromatic carbocycles. The molecule has 4 rings (SSSR count). The summed E-state index contributed by atoms with van der Waals surface area (Å²) < 4.78 is 19.0. The highest BCUT2D eigenvalue weighted by molar-refractivity contribution is 6.31. The van der Waals surface area contributed by atoms with Crippen molar-refractivity contribution in [2.24, 2.45) is 5.73 Å². The molecule has 158 valence electrons. The number of Topliss-reactive ketones (excluding diaryl/α,β-unsaturated/α-hetero) is 1. The van der Waals surface area contributed by atoms with Crippen LogP contribution in [0, 0.1) is 17.1 Å². The number of aromatic hydroxyl groups is 1. The number of hydrogen-bond donors (Lipinski definition) is 2. The van der Waals surface area contributed by atoms with Crippen molar-refractivity contribution in [3.8, 4) is 17.6 Å². The molecule has 0 aromatic heterocycles. The largest absolute Gasteiger partial charge is 0.504 e. The average Bonchev–Trinajstić information content (AvgIpc) is 2.76. The van der Waals surface area contributed by atoms with E-state index in [1.807, 2.05) is 0 Å². The van der Waals surface area contributed by atoms with Crippen molar-refractivity contribution in [3.63, 3.8) is 0 Å². The third kappa shape index (κ3) is 3.39. The number of phenols is 1. The van der Waals surface area contributed by atoms with Crippen LogP contribution in [-0.2, 0) is 4.79 Å². The number of carbonyl (C=O) groups is 1. The third-order valence-electron chi connectivity index (χ3n) is 5.61. The highest BCUT2D eigenvalue weighted by atomic mass is 35.5.